The van der Waals surface area contributed by atoms with Crippen LogP contribution < -0.4 is 23.7 Å². The van der Waals surface area contributed by atoms with E-state index in [4.69, 9.17) is 18.9 Å². The number of carbonyl (C=O) groups is 1. The van der Waals surface area contributed by atoms with E-state index in [2.05, 4.69) is 11.6 Å². The van der Waals surface area contributed by atoms with Crippen LogP contribution in [0, 0.1) is 0 Å². The largest absolute Gasteiger partial charge is 0.486 e. The van der Waals surface area contributed by atoms with E-state index in [9.17, 15) is 4.79 Å². The number of nitrogens with zero attached hydrogens (tertiary/aromatic N) is 2. The quantitative estimate of drug-likeness (QED) is 0.636. The van der Waals surface area contributed by atoms with Crippen molar-refractivity contribution in [2.24, 2.45) is 4.99 Å². The van der Waals surface area contributed by atoms with Gasteiger partial charge in [-0.2, -0.15) is 4.99 Å². The Labute approximate surface area is 164 Å². The van der Waals surface area contributed by atoms with Gasteiger partial charge in [-0.05, 0) is 18.2 Å². The minimum absolute atomic E-state index is 0.161. The Morgan fingerprint density at radius 2 is 1.82 bits per heavy atom. The summed E-state index contributed by atoms with van der Waals surface area (Å²) < 4.78 is 24.9. The van der Waals surface area contributed by atoms with Crippen molar-refractivity contribution < 1.29 is 23.7 Å². The Morgan fingerprint density at radius 3 is 2.64 bits per heavy atom. The second kappa shape index (κ2) is 6.72. The van der Waals surface area contributed by atoms with E-state index < -0.39 is 0 Å². The number of hydrogen-bond donors (Lipinski definition) is 0. The van der Waals surface area contributed by atoms with Crippen molar-refractivity contribution in [3.8, 4) is 23.0 Å². The summed E-state index contributed by atoms with van der Waals surface area (Å²) in [7, 11) is 0. The molecule has 5 rings (SSSR count). The first-order valence-corrected chi connectivity index (χ1v) is 9.57. The smallest absolute Gasteiger partial charge is 0.279 e. The summed E-state index contributed by atoms with van der Waals surface area (Å²) >= 11 is 1.42. The number of ether oxygens (including phenoxy) is 4. The number of allylic oxidation sites excluding steroid dienone is 1. The average Bonchev–Trinajstić information content (AvgIpc) is 3.30. The molecule has 0 N–H and O–H groups in total. The Bertz CT molecular complexity index is 1180. The maximum absolute atomic E-state index is 12.8. The Kier molecular flexibility index (Phi) is 4.05. The van der Waals surface area contributed by atoms with Gasteiger partial charge in [0.25, 0.3) is 5.91 Å². The molecule has 0 bridgehead atoms. The first-order valence-electron chi connectivity index (χ1n) is 8.75. The fourth-order valence-electron chi connectivity index (χ4n) is 3.18. The van der Waals surface area contributed by atoms with Crippen LogP contribution in [0.15, 0.2) is 48.0 Å². The predicted octanol–water partition coefficient (Wildman–Crippen LogP) is 3.13. The molecule has 0 atom stereocenters. The van der Waals surface area contributed by atoms with Crippen LogP contribution in [0.25, 0.3) is 10.2 Å². The number of carbonyl (C=O) groups excluding carboxylic acids is 1. The molecule has 2 aromatic carbocycles. The first-order chi connectivity index (χ1) is 13.7. The number of rotatable bonds is 3. The molecule has 0 saturated heterocycles. The molecule has 0 unspecified atom stereocenters. The topological polar surface area (TPSA) is 71.3 Å². The van der Waals surface area contributed by atoms with Crippen molar-refractivity contribution >= 4 is 27.5 Å². The van der Waals surface area contributed by atoms with Crippen LogP contribution in [0.1, 0.15) is 10.4 Å². The molecule has 1 aromatic heterocycles. The van der Waals surface area contributed by atoms with E-state index >= 15 is 0 Å². The molecule has 2 aliphatic rings. The molecule has 1 amide bonds. The van der Waals surface area contributed by atoms with Gasteiger partial charge < -0.3 is 23.5 Å². The summed E-state index contributed by atoms with van der Waals surface area (Å²) in [5, 5.41) is 0. The lowest BCUT2D eigenvalue weighted by Gasteiger charge is -2.18. The summed E-state index contributed by atoms with van der Waals surface area (Å²) in [5.41, 5.74) is 1.37. The molecule has 0 aliphatic carbocycles. The van der Waals surface area contributed by atoms with Crippen LogP contribution in [0.4, 0.5) is 0 Å². The molecule has 8 heteroatoms. The van der Waals surface area contributed by atoms with Gasteiger partial charge in [-0.3, -0.25) is 4.79 Å². The SMILES string of the molecule is C=CCn1c(=NC(=O)c2ccc3c(c2)OCO3)sc2cc3c(cc21)OCCO3. The predicted molar refractivity (Wildman–Crippen MR) is 103 cm³/mol. The van der Waals surface area contributed by atoms with Crippen molar-refractivity contribution in [3.05, 3.63) is 53.4 Å². The second-order valence-corrected chi connectivity index (χ2v) is 7.24. The van der Waals surface area contributed by atoms with Crippen molar-refractivity contribution in [3.63, 3.8) is 0 Å². The van der Waals surface area contributed by atoms with Gasteiger partial charge in [0, 0.05) is 24.2 Å². The van der Waals surface area contributed by atoms with E-state index in [1.807, 2.05) is 16.7 Å². The average molecular weight is 396 g/mol. The van der Waals surface area contributed by atoms with Crippen LogP contribution >= 0.6 is 11.3 Å². The summed E-state index contributed by atoms with van der Waals surface area (Å²) in [5.74, 6) is 2.24. The highest BCUT2D eigenvalue weighted by molar-refractivity contribution is 7.16. The number of benzene rings is 2. The van der Waals surface area contributed by atoms with Crippen LogP contribution in [-0.4, -0.2) is 30.5 Å². The zero-order valence-electron chi connectivity index (χ0n) is 14.8. The fraction of sp³-hybridized carbons (Fsp3) is 0.200. The third-order valence-electron chi connectivity index (χ3n) is 4.48. The molecule has 7 nitrogen and oxygen atoms in total. The van der Waals surface area contributed by atoms with Gasteiger partial charge in [-0.25, -0.2) is 0 Å². The van der Waals surface area contributed by atoms with Crippen molar-refractivity contribution in [1.82, 2.24) is 4.57 Å². The zero-order chi connectivity index (χ0) is 19.1. The second-order valence-electron chi connectivity index (χ2n) is 6.23. The molecule has 0 spiro atoms. The standard InChI is InChI=1S/C20H16N2O5S/c1-2-5-22-13-9-16-17(25-7-6-24-16)10-18(13)28-20(22)21-19(23)12-3-4-14-15(8-12)27-11-26-14/h2-4,8-10H,1,5-7,11H2. The van der Waals surface area contributed by atoms with Crippen LogP contribution in [-0.2, 0) is 6.54 Å². The molecule has 0 fully saturated rings. The molecule has 0 radical (unpaired) electrons. The molecular formula is C20H16N2O5S. The molecule has 3 heterocycles. The van der Waals surface area contributed by atoms with Crippen molar-refractivity contribution in [2.45, 2.75) is 6.54 Å². The van der Waals surface area contributed by atoms with Crippen LogP contribution in [0.2, 0.25) is 0 Å². The summed E-state index contributed by atoms with van der Waals surface area (Å²) in [6, 6.07) is 8.91. The fourth-order valence-corrected chi connectivity index (χ4v) is 4.23. The Balaban J connectivity index is 1.61. The van der Waals surface area contributed by atoms with Gasteiger partial charge in [0.1, 0.15) is 13.2 Å². The zero-order valence-corrected chi connectivity index (χ0v) is 15.7. The lowest BCUT2D eigenvalue weighted by atomic mass is 10.2. The number of hydrogen-bond acceptors (Lipinski definition) is 6. The molecule has 28 heavy (non-hydrogen) atoms. The lowest BCUT2D eigenvalue weighted by molar-refractivity contribution is 0.0997. The monoisotopic (exact) mass is 396 g/mol. The molecular weight excluding hydrogens is 380 g/mol. The van der Waals surface area contributed by atoms with E-state index in [0.717, 1.165) is 10.2 Å². The van der Waals surface area contributed by atoms with Gasteiger partial charge in [0.2, 0.25) is 6.79 Å². The highest BCUT2D eigenvalue weighted by Gasteiger charge is 2.18. The molecule has 142 valence electrons. The van der Waals surface area contributed by atoms with Crippen LogP contribution in [0.5, 0.6) is 23.0 Å². The maximum Gasteiger partial charge on any atom is 0.279 e. The maximum atomic E-state index is 12.8. The first kappa shape index (κ1) is 16.9. The van der Waals surface area contributed by atoms with Gasteiger partial charge in [0.15, 0.2) is 27.8 Å². The van der Waals surface area contributed by atoms with Gasteiger partial charge in [-0.1, -0.05) is 17.4 Å². The third kappa shape index (κ3) is 2.82. The Morgan fingerprint density at radius 1 is 1.07 bits per heavy atom. The van der Waals surface area contributed by atoms with E-state index in [0.29, 0.717) is 53.1 Å². The molecule has 2 aliphatic heterocycles. The summed E-state index contributed by atoms with van der Waals surface area (Å²) in [4.78, 5) is 17.7. The number of amides is 1. The minimum Gasteiger partial charge on any atom is -0.486 e. The van der Waals surface area contributed by atoms with Gasteiger partial charge in [-0.15, -0.1) is 6.58 Å². The normalized spacial score (nSPS) is 15.1. The third-order valence-corrected chi connectivity index (χ3v) is 5.52. The molecule has 3 aromatic rings. The lowest BCUT2D eigenvalue weighted by Crippen LogP contribution is -2.17. The number of thiazole rings is 1. The van der Waals surface area contributed by atoms with Crippen LogP contribution in [0.3, 0.4) is 0 Å². The van der Waals surface area contributed by atoms with Crippen molar-refractivity contribution in [2.75, 3.05) is 20.0 Å². The van der Waals surface area contributed by atoms with E-state index in [1.54, 1.807) is 24.3 Å². The van der Waals surface area contributed by atoms with E-state index in [-0.39, 0.29) is 12.7 Å². The highest BCUT2D eigenvalue weighted by atomic mass is 32.1. The number of aromatic nitrogens is 1. The van der Waals surface area contributed by atoms with Crippen molar-refractivity contribution in [1.29, 1.82) is 0 Å². The van der Waals surface area contributed by atoms with Gasteiger partial charge in [0.05, 0.1) is 10.2 Å². The Hall–Kier alpha value is -3.26. The highest BCUT2D eigenvalue weighted by Crippen LogP contribution is 2.36. The minimum atomic E-state index is -0.347. The number of fused-ring (bicyclic) bond motifs is 3. The van der Waals surface area contributed by atoms with E-state index in [1.165, 1.54) is 11.3 Å². The van der Waals surface area contributed by atoms with Gasteiger partial charge >= 0.3 is 0 Å². The molecule has 0 saturated carbocycles. The summed E-state index contributed by atoms with van der Waals surface area (Å²) in [6.07, 6.45) is 1.77. The summed E-state index contributed by atoms with van der Waals surface area (Å²) in [6.45, 7) is 5.54.